The predicted octanol–water partition coefficient (Wildman–Crippen LogP) is 5.73. The number of aromatic nitrogens is 3. The maximum Gasteiger partial charge on any atom is 0.338 e. The number of esters is 1. The zero-order valence-electron chi connectivity index (χ0n) is 19.9. The lowest BCUT2D eigenvalue weighted by Gasteiger charge is -2.09. The van der Waals surface area contributed by atoms with E-state index in [2.05, 4.69) is 27.1 Å². The second-order valence-electron chi connectivity index (χ2n) is 8.40. The molecule has 5 rings (SSSR count). The van der Waals surface area contributed by atoms with E-state index < -0.39 is 5.97 Å². The molecular formula is C29H26N4O3. The van der Waals surface area contributed by atoms with E-state index in [-0.39, 0.29) is 5.88 Å². The number of ether oxygens (including phenoxy) is 1. The first kappa shape index (κ1) is 23.1. The number of H-pyrrole nitrogens is 2. The fourth-order valence-electron chi connectivity index (χ4n) is 4.19. The van der Waals surface area contributed by atoms with Gasteiger partial charge < -0.3 is 19.8 Å². The van der Waals surface area contributed by atoms with E-state index in [9.17, 15) is 9.90 Å². The van der Waals surface area contributed by atoms with Crippen molar-refractivity contribution >= 4 is 28.3 Å². The number of aromatic hydroxyl groups is 1. The van der Waals surface area contributed by atoms with Gasteiger partial charge in [0.25, 0.3) is 0 Å². The van der Waals surface area contributed by atoms with Gasteiger partial charge in [0, 0.05) is 28.4 Å². The SMILES string of the molecule is CCOC(=O)c1ccc2c(C(=Nc3ccc(CCc4cnc[nH]4)cc3)c3ccccc3)c(O)[nH]c2c1. The van der Waals surface area contributed by atoms with Gasteiger partial charge in [0.05, 0.1) is 35.5 Å². The van der Waals surface area contributed by atoms with Gasteiger partial charge in [-0.3, -0.25) is 0 Å². The molecule has 7 heteroatoms. The lowest BCUT2D eigenvalue weighted by atomic mass is 10.00. The number of carbonyl (C=O) groups is 1. The highest BCUT2D eigenvalue weighted by molar-refractivity contribution is 6.22. The molecule has 0 fully saturated rings. The Balaban J connectivity index is 1.52. The Bertz CT molecular complexity index is 1500. The van der Waals surface area contributed by atoms with E-state index in [1.165, 1.54) is 5.56 Å². The van der Waals surface area contributed by atoms with Gasteiger partial charge in [-0.05, 0) is 49.6 Å². The Morgan fingerprint density at radius 3 is 2.53 bits per heavy atom. The molecule has 0 amide bonds. The summed E-state index contributed by atoms with van der Waals surface area (Å²) in [7, 11) is 0. The molecule has 0 aliphatic carbocycles. The van der Waals surface area contributed by atoms with Gasteiger partial charge in [0.15, 0.2) is 5.88 Å². The van der Waals surface area contributed by atoms with Crippen molar-refractivity contribution in [3.05, 3.63) is 113 Å². The van der Waals surface area contributed by atoms with Gasteiger partial charge in [-0.15, -0.1) is 0 Å². The van der Waals surface area contributed by atoms with Crippen LogP contribution in [0.4, 0.5) is 5.69 Å². The normalized spacial score (nSPS) is 11.6. The van der Waals surface area contributed by atoms with E-state index in [0.717, 1.165) is 35.2 Å². The zero-order valence-corrected chi connectivity index (χ0v) is 19.9. The van der Waals surface area contributed by atoms with Crippen molar-refractivity contribution in [2.24, 2.45) is 4.99 Å². The molecule has 7 nitrogen and oxygen atoms in total. The monoisotopic (exact) mass is 478 g/mol. The maximum absolute atomic E-state index is 12.2. The molecule has 36 heavy (non-hydrogen) atoms. The van der Waals surface area contributed by atoms with Crippen LogP contribution in [0.1, 0.15) is 39.7 Å². The molecule has 2 heterocycles. The van der Waals surface area contributed by atoms with E-state index >= 15 is 0 Å². The summed E-state index contributed by atoms with van der Waals surface area (Å²) < 4.78 is 5.11. The highest BCUT2D eigenvalue weighted by atomic mass is 16.5. The minimum atomic E-state index is -0.403. The molecule has 0 spiro atoms. The molecule has 2 aromatic heterocycles. The summed E-state index contributed by atoms with van der Waals surface area (Å²) in [5.41, 5.74) is 6.20. The molecule has 0 saturated heterocycles. The lowest BCUT2D eigenvalue weighted by molar-refractivity contribution is 0.0526. The van der Waals surface area contributed by atoms with Crippen LogP contribution in [0.5, 0.6) is 5.88 Å². The molecule has 5 aromatic rings. The zero-order chi connectivity index (χ0) is 24.9. The molecule has 0 aliphatic rings. The highest BCUT2D eigenvalue weighted by Gasteiger charge is 2.20. The van der Waals surface area contributed by atoms with Crippen LogP contribution in [-0.2, 0) is 17.6 Å². The summed E-state index contributed by atoms with van der Waals surface area (Å²) in [5, 5.41) is 11.7. The summed E-state index contributed by atoms with van der Waals surface area (Å²) >= 11 is 0. The third-order valence-electron chi connectivity index (χ3n) is 5.99. The number of nitrogens with zero attached hydrogens (tertiary/aromatic N) is 2. The average Bonchev–Trinajstić information content (AvgIpc) is 3.54. The van der Waals surface area contributed by atoms with Crippen molar-refractivity contribution in [2.45, 2.75) is 19.8 Å². The number of hydrogen-bond acceptors (Lipinski definition) is 5. The van der Waals surface area contributed by atoms with Crippen LogP contribution in [0.3, 0.4) is 0 Å². The van der Waals surface area contributed by atoms with Crippen molar-refractivity contribution < 1.29 is 14.6 Å². The van der Waals surface area contributed by atoms with Crippen LogP contribution >= 0.6 is 0 Å². The Labute approximate surface area is 208 Å². The topological polar surface area (TPSA) is 103 Å². The summed E-state index contributed by atoms with van der Waals surface area (Å²) in [5.74, 6) is -0.413. The van der Waals surface area contributed by atoms with Gasteiger partial charge in [-0.2, -0.15) is 0 Å². The standard InChI is InChI=1S/C29H26N4O3/c1-2-36-29(35)21-11-15-24-25(16-21)33-28(34)26(24)27(20-6-4-3-5-7-20)32-22-12-8-19(9-13-22)10-14-23-17-30-18-31-23/h3-9,11-13,15-18,33-34H,2,10,14H2,1H3,(H,30,31). The third kappa shape index (κ3) is 4.90. The van der Waals surface area contributed by atoms with Crippen LogP contribution in [0.25, 0.3) is 10.9 Å². The third-order valence-corrected chi connectivity index (χ3v) is 5.99. The average molecular weight is 479 g/mol. The van der Waals surface area contributed by atoms with E-state index in [1.54, 1.807) is 25.4 Å². The van der Waals surface area contributed by atoms with Crippen molar-refractivity contribution in [2.75, 3.05) is 6.61 Å². The van der Waals surface area contributed by atoms with Crippen LogP contribution < -0.4 is 0 Å². The molecule has 0 radical (unpaired) electrons. The van der Waals surface area contributed by atoms with Crippen molar-refractivity contribution in [3.8, 4) is 5.88 Å². The van der Waals surface area contributed by atoms with Crippen molar-refractivity contribution in [1.29, 1.82) is 0 Å². The number of carbonyl (C=O) groups excluding carboxylic acids is 1. The number of imidazole rings is 1. The van der Waals surface area contributed by atoms with Crippen LogP contribution in [0, 0.1) is 0 Å². The van der Waals surface area contributed by atoms with Crippen molar-refractivity contribution in [3.63, 3.8) is 0 Å². The number of aliphatic imine (C=N–C) groups is 1. The lowest BCUT2D eigenvalue weighted by Crippen LogP contribution is -2.05. The minimum absolute atomic E-state index is 0.00945. The molecule has 0 aliphatic heterocycles. The number of rotatable bonds is 8. The van der Waals surface area contributed by atoms with Gasteiger partial charge in [0.1, 0.15) is 0 Å². The maximum atomic E-state index is 12.2. The van der Waals surface area contributed by atoms with Crippen LogP contribution in [0.2, 0.25) is 0 Å². The Kier molecular flexibility index (Phi) is 6.62. The number of aromatic amines is 2. The molecular weight excluding hydrogens is 452 g/mol. The largest absolute Gasteiger partial charge is 0.494 e. The molecule has 0 bridgehead atoms. The number of aryl methyl sites for hydroxylation is 2. The second kappa shape index (κ2) is 10.3. The Morgan fingerprint density at radius 2 is 1.81 bits per heavy atom. The van der Waals surface area contributed by atoms with Gasteiger partial charge >= 0.3 is 5.97 Å². The van der Waals surface area contributed by atoms with Gasteiger partial charge in [-0.1, -0.05) is 48.5 Å². The van der Waals surface area contributed by atoms with E-state index in [1.807, 2.05) is 54.7 Å². The predicted molar refractivity (Wildman–Crippen MR) is 140 cm³/mol. The molecule has 3 N–H and O–H groups in total. The summed E-state index contributed by atoms with van der Waals surface area (Å²) in [6.45, 7) is 2.06. The first-order valence-electron chi connectivity index (χ1n) is 11.8. The smallest absolute Gasteiger partial charge is 0.338 e. The second-order valence-corrected chi connectivity index (χ2v) is 8.40. The van der Waals surface area contributed by atoms with Gasteiger partial charge in [-0.25, -0.2) is 14.8 Å². The number of fused-ring (bicyclic) bond motifs is 1. The number of hydrogen-bond donors (Lipinski definition) is 3. The summed E-state index contributed by atoms with van der Waals surface area (Å²) in [6, 6.07) is 23.0. The summed E-state index contributed by atoms with van der Waals surface area (Å²) in [4.78, 5) is 27.3. The van der Waals surface area contributed by atoms with Crippen molar-refractivity contribution in [1.82, 2.24) is 15.0 Å². The van der Waals surface area contributed by atoms with E-state index in [0.29, 0.717) is 29.0 Å². The quantitative estimate of drug-likeness (QED) is 0.196. The Morgan fingerprint density at radius 1 is 1.00 bits per heavy atom. The first-order valence-corrected chi connectivity index (χ1v) is 11.8. The fourth-order valence-corrected chi connectivity index (χ4v) is 4.19. The highest BCUT2D eigenvalue weighted by Crippen LogP contribution is 2.32. The molecule has 0 atom stereocenters. The molecule has 0 unspecified atom stereocenters. The van der Waals surface area contributed by atoms with Gasteiger partial charge in [0.2, 0.25) is 0 Å². The van der Waals surface area contributed by atoms with Crippen LogP contribution in [-0.4, -0.2) is 38.3 Å². The first-order chi connectivity index (χ1) is 17.6. The Hall–Kier alpha value is -4.65. The number of nitrogens with one attached hydrogen (secondary N) is 2. The fraction of sp³-hybridized carbons (Fsp3) is 0.138. The van der Waals surface area contributed by atoms with E-state index in [4.69, 9.17) is 9.73 Å². The van der Waals surface area contributed by atoms with Crippen LogP contribution in [0.15, 0.2) is 90.3 Å². The number of benzene rings is 3. The molecule has 0 saturated carbocycles. The minimum Gasteiger partial charge on any atom is -0.494 e. The molecule has 3 aromatic carbocycles. The molecule has 180 valence electrons. The summed E-state index contributed by atoms with van der Waals surface area (Å²) in [6.07, 6.45) is 5.31.